The molecule has 0 saturated heterocycles. The van der Waals surface area contributed by atoms with Crippen LogP contribution >= 0.6 is 0 Å². The standard InChI is InChI=1S/C20H24O4/c1-4-16(13-6-8-18(22)15(10-13)12-21)17(5-2)14-7-9-19(23)20(11-14)24-3/h6-11,21-23H,4-5,12H2,1-3H3. The Morgan fingerprint density at radius 1 is 0.875 bits per heavy atom. The third kappa shape index (κ3) is 3.54. The van der Waals surface area contributed by atoms with Crippen molar-refractivity contribution in [3.8, 4) is 17.2 Å². The molecule has 2 aromatic rings. The topological polar surface area (TPSA) is 69.9 Å². The molecule has 4 heteroatoms. The first-order valence-electron chi connectivity index (χ1n) is 8.08. The lowest BCUT2D eigenvalue weighted by Gasteiger charge is -2.16. The van der Waals surface area contributed by atoms with Crippen LogP contribution in [0.25, 0.3) is 11.1 Å². The maximum absolute atomic E-state index is 9.80. The fourth-order valence-corrected chi connectivity index (χ4v) is 2.95. The molecule has 0 bridgehead atoms. The first-order valence-corrected chi connectivity index (χ1v) is 8.08. The van der Waals surface area contributed by atoms with Crippen molar-refractivity contribution in [2.75, 3.05) is 7.11 Å². The van der Waals surface area contributed by atoms with Crippen LogP contribution in [-0.2, 0) is 6.61 Å². The minimum atomic E-state index is -0.203. The van der Waals surface area contributed by atoms with Crippen molar-refractivity contribution < 1.29 is 20.1 Å². The summed E-state index contributed by atoms with van der Waals surface area (Å²) in [4.78, 5) is 0. The molecular formula is C20H24O4. The third-order valence-corrected chi connectivity index (χ3v) is 4.20. The summed E-state index contributed by atoms with van der Waals surface area (Å²) in [5.41, 5.74) is 4.76. The van der Waals surface area contributed by atoms with Crippen molar-refractivity contribution in [2.24, 2.45) is 0 Å². The second-order valence-corrected chi connectivity index (χ2v) is 5.55. The fourth-order valence-electron chi connectivity index (χ4n) is 2.95. The first kappa shape index (κ1) is 17.9. The van der Waals surface area contributed by atoms with Gasteiger partial charge in [0.1, 0.15) is 5.75 Å². The molecule has 0 amide bonds. The number of hydrogen-bond donors (Lipinski definition) is 3. The fraction of sp³-hybridized carbons (Fsp3) is 0.300. The van der Waals surface area contributed by atoms with Crippen molar-refractivity contribution in [3.63, 3.8) is 0 Å². The summed E-state index contributed by atoms with van der Waals surface area (Å²) in [6.45, 7) is 3.96. The van der Waals surface area contributed by atoms with Crippen LogP contribution in [0.15, 0.2) is 36.4 Å². The number of benzene rings is 2. The zero-order valence-corrected chi connectivity index (χ0v) is 14.3. The summed E-state index contributed by atoms with van der Waals surface area (Å²) in [6, 6.07) is 10.6. The molecule has 0 saturated carbocycles. The van der Waals surface area contributed by atoms with Crippen molar-refractivity contribution in [1.82, 2.24) is 0 Å². The molecule has 0 unspecified atom stereocenters. The van der Waals surface area contributed by atoms with E-state index in [0.717, 1.165) is 35.1 Å². The number of allylic oxidation sites excluding steroid dienone is 2. The normalized spacial score (nSPS) is 12.0. The molecular weight excluding hydrogens is 304 g/mol. The van der Waals surface area contributed by atoms with Crippen LogP contribution in [-0.4, -0.2) is 22.4 Å². The summed E-state index contributed by atoms with van der Waals surface area (Å²) in [7, 11) is 1.53. The van der Waals surface area contributed by atoms with Gasteiger partial charge in [0.2, 0.25) is 0 Å². The Morgan fingerprint density at radius 3 is 1.92 bits per heavy atom. The van der Waals surface area contributed by atoms with E-state index in [2.05, 4.69) is 13.8 Å². The second kappa shape index (κ2) is 7.88. The first-order chi connectivity index (χ1) is 11.5. The van der Waals surface area contributed by atoms with Gasteiger partial charge in [0, 0.05) is 5.56 Å². The molecule has 0 fully saturated rings. The number of phenolic OH excluding ortho intramolecular Hbond substituents is 1. The molecule has 0 aliphatic rings. The van der Waals surface area contributed by atoms with Gasteiger partial charge in [0.05, 0.1) is 13.7 Å². The molecule has 3 N–H and O–H groups in total. The monoisotopic (exact) mass is 328 g/mol. The number of methoxy groups -OCH3 is 1. The van der Waals surface area contributed by atoms with Crippen molar-refractivity contribution in [2.45, 2.75) is 33.3 Å². The SMILES string of the molecule is CCC(=C(CC)c1ccc(O)c(OC)c1)c1ccc(O)c(CO)c1. The van der Waals surface area contributed by atoms with E-state index in [0.29, 0.717) is 11.3 Å². The molecule has 0 aliphatic heterocycles. The van der Waals surface area contributed by atoms with E-state index < -0.39 is 0 Å². The van der Waals surface area contributed by atoms with Gasteiger partial charge in [-0.25, -0.2) is 0 Å². The lowest BCUT2D eigenvalue weighted by molar-refractivity contribution is 0.275. The number of rotatable bonds is 6. The summed E-state index contributed by atoms with van der Waals surface area (Å²) < 4.78 is 5.21. The molecule has 2 rings (SSSR count). The zero-order valence-electron chi connectivity index (χ0n) is 14.3. The predicted molar refractivity (Wildman–Crippen MR) is 96.1 cm³/mol. The van der Waals surface area contributed by atoms with Gasteiger partial charge in [0.15, 0.2) is 11.5 Å². The van der Waals surface area contributed by atoms with Crippen LogP contribution < -0.4 is 4.74 Å². The maximum Gasteiger partial charge on any atom is 0.161 e. The van der Waals surface area contributed by atoms with Gasteiger partial charge in [0.25, 0.3) is 0 Å². The number of ether oxygens (including phenoxy) is 1. The molecule has 4 nitrogen and oxygen atoms in total. The molecule has 24 heavy (non-hydrogen) atoms. The molecule has 2 aromatic carbocycles. The Morgan fingerprint density at radius 2 is 1.42 bits per heavy atom. The number of aliphatic hydroxyl groups is 1. The Balaban J connectivity index is 2.62. The van der Waals surface area contributed by atoms with Crippen molar-refractivity contribution >= 4 is 11.1 Å². The average molecular weight is 328 g/mol. The lowest BCUT2D eigenvalue weighted by Crippen LogP contribution is -1.95. The molecule has 128 valence electrons. The molecule has 0 atom stereocenters. The zero-order chi connectivity index (χ0) is 17.7. The van der Waals surface area contributed by atoms with Gasteiger partial charge >= 0.3 is 0 Å². The molecule has 0 aliphatic carbocycles. The van der Waals surface area contributed by atoms with Crippen LogP contribution in [0.1, 0.15) is 43.4 Å². The highest BCUT2D eigenvalue weighted by Gasteiger charge is 2.13. The van der Waals surface area contributed by atoms with Crippen LogP contribution in [0, 0.1) is 0 Å². The van der Waals surface area contributed by atoms with Gasteiger partial charge in [-0.3, -0.25) is 0 Å². The minimum Gasteiger partial charge on any atom is -0.508 e. The highest BCUT2D eigenvalue weighted by Crippen LogP contribution is 2.36. The molecule has 0 heterocycles. The number of hydrogen-bond acceptors (Lipinski definition) is 4. The van der Waals surface area contributed by atoms with Crippen LogP contribution in [0.3, 0.4) is 0 Å². The predicted octanol–water partition coefficient (Wildman–Crippen LogP) is 4.33. The molecule has 0 radical (unpaired) electrons. The van der Waals surface area contributed by atoms with E-state index >= 15 is 0 Å². The molecule has 0 spiro atoms. The second-order valence-electron chi connectivity index (χ2n) is 5.55. The number of aliphatic hydroxyl groups excluding tert-OH is 1. The Labute approximate surface area is 142 Å². The highest BCUT2D eigenvalue weighted by molar-refractivity contribution is 5.91. The van der Waals surface area contributed by atoms with Crippen molar-refractivity contribution in [3.05, 3.63) is 53.1 Å². The van der Waals surface area contributed by atoms with E-state index in [1.54, 1.807) is 12.1 Å². The molecule has 0 aromatic heterocycles. The smallest absolute Gasteiger partial charge is 0.161 e. The highest BCUT2D eigenvalue weighted by atomic mass is 16.5. The largest absolute Gasteiger partial charge is 0.508 e. The van der Waals surface area contributed by atoms with Crippen LogP contribution in [0.5, 0.6) is 17.2 Å². The van der Waals surface area contributed by atoms with Gasteiger partial charge in [-0.15, -0.1) is 0 Å². The lowest BCUT2D eigenvalue weighted by atomic mass is 9.90. The van der Waals surface area contributed by atoms with Crippen LogP contribution in [0.2, 0.25) is 0 Å². The van der Waals surface area contributed by atoms with Gasteiger partial charge in [-0.05, 0) is 59.4 Å². The van der Waals surface area contributed by atoms with Gasteiger partial charge in [-0.1, -0.05) is 26.0 Å². The van der Waals surface area contributed by atoms with Gasteiger partial charge < -0.3 is 20.1 Å². The summed E-state index contributed by atoms with van der Waals surface area (Å²) in [5, 5.41) is 29.0. The Bertz CT molecular complexity index is 684. The van der Waals surface area contributed by atoms with E-state index in [9.17, 15) is 15.3 Å². The Hall–Kier alpha value is -2.46. The van der Waals surface area contributed by atoms with E-state index in [1.165, 1.54) is 7.11 Å². The van der Waals surface area contributed by atoms with Crippen LogP contribution in [0.4, 0.5) is 0 Å². The van der Waals surface area contributed by atoms with E-state index in [4.69, 9.17) is 4.74 Å². The van der Waals surface area contributed by atoms with Gasteiger partial charge in [-0.2, -0.15) is 0 Å². The minimum absolute atomic E-state index is 0.0982. The van der Waals surface area contributed by atoms with E-state index in [-0.39, 0.29) is 18.1 Å². The van der Waals surface area contributed by atoms with Crippen molar-refractivity contribution in [1.29, 1.82) is 0 Å². The quantitative estimate of drug-likeness (QED) is 0.690. The summed E-state index contributed by atoms with van der Waals surface area (Å²) in [5.74, 6) is 0.652. The maximum atomic E-state index is 9.80. The summed E-state index contributed by atoms with van der Waals surface area (Å²) in [6.07, 6.45) is 1.62. The van der Waals surface area contributed by atoms with E-state index in [1.807, 2.05) is 24.3 Å². The third-order valence-electron chi connectivity index (χ3n) is 4.20. The Kier molecular flexibility index (Phi) is 5.88. The summed E-state index contributed by atoms with van der Waals surface area (Å²) >= 11 is 0. The number of aromatic hydroxyl groups is 2. The average Bonchev–Trinajstić information content (AvgIpc) is 2.61. The number of phenols is 2.